The van der Waals surface area contributed by atoms with E-state index in [4.69, 9.17) is 14.2 Å². The lowest BCUT2D eigenvalue weighted by molar-refractivity contribution is -0.144. The number of halogens is 1. The summed E-state index contributed by atoms with van der Waals surface area (Å²) in [5, 5.41) is 6.06. The molecular formula is C33H38FN3O6. The SMILES string of the molecule is COc1ccc(CCN2C(=O)[C@H]3[C@H](C(=O)Nc4ccc(F)cc4)[C@@]4(C)C=C[C@@]3(O4)[C@@H]2C(=O)NC2CCCCC2)cc1OC. The van der Waals surface area contributed by atoms with Crippen molar-refractivity contribution in [3.05, 3.63) is 66.0 Å². The Morgan fingerprint density at radius 2 is 1.72 bits per heavy atom. The van der Waals surface area contributed by atoms with Gasteiger partial charge in [0, 0.05) is 18.3 Å². The molecule has 228 valence electrons. The third-order valence-electron chi connectivity index (χ3n) is 9.48. The molecule has 6 rings (SSSR count). The molecule has 0 aromatic heterocycles. The van der Waals surface area contributed by atoms with Crippen LogP contribution in [0.4, 0.5) is 10.1 Å². The van der Waals surface area contributed by atoms with Crippen molar-refractivity contribution in [2.45, 2.75) is 68.7 Å². The molecule has 0 unspecified atom stereocenters. The van der Waals surface area contributed by atoms with Gasteiger partial charge in [0.05, 0.1) is 31.7 Å². The minimum atomic E-state index is -1.28. The summed E-state index contributed by atoms with van der Waals surface area (Å²) in [6.07, 6.45) is 9.11. The van der Waals surface area contributed by atoms with E-state index in [-0.39, 0.29) is 24.4 Å². The maximum atomic E-state index is 14.3. The molecule has 1 saturated carbocycles. The molecule has 2 aromatic carbocycles. The van der Waals surface area contributed by atoms with Crippen molar-refractivity contribution in [3.8, 4) is 11.5 Å². The Bertz CT molecular complexity index is 1440. The van der Waals surface area contributed by atoms with Gasteiger partial charge in [-0.2, -0.15) is 0 Å². The van der Waals surface area contributed by atoms with Crippen LogP contribution in [0.5, 0.6) is 11.5 Å². The topological polar surface area (TPSA) is 106 Å². The van der Waals surface area contributed by atoms with Crippen LogP contribution >= 0.6 is 0 Å². The zero-order valence-corrected chi connectivity index (χ0v) is 24.7. The highest BCUT2D eigenvalue weighted by atomic mass is 19.1. The number of hydrogen-bond acceptors (Lipinski definition) is 6. The first-order chi connectivity index (χ1) is 20.7. The smallest absolute Gasteiger partial charge is 0.246 e. The highest BCUT2D eigenvalue weighted by Gasteiger charge is 2.76. The predicted molar refractivity (Wildman–Crippen MR) is 157 cm³/mol. The Labute approximate surface area is 250 Å². The van der Waals surface area contributed by atoms with Crippen LogP contribution in [0.2, 0.25) is 0 Å². The van der Waals surface area contributed by atoms with Crippen LogP contribution in [0.1, 0.15) is 44.6 Å². The van der Waals surface area contributed by atoms with Crippen LogP contribution < -0.4 is 20.1 Å². The molecule has 1 spiro atoms. The van der Waals surface area contributed by atoms with Gasteiger partial charge in [-0.05, 0) is 68.1 Å². The number of likely N-dealkylation sites (tertiary alicyclic amines) is 1. The molecule has 43 heavy (non-hydrogen) atoms. The standard InChI is InChI=1S/C33H38FN3O6/c1-32-16-17-33(43-32)27(26(32)29(38)35-23-12-10-21(34)11-13-23)31(40)37(28(33)30(39)36-22-7-5-4-6-8-22)18-15-20-9-14-24(41-2)25(19-20)42-3/h9-14,16-17,19,22,26-28H,4-8,15,18H2,1-3H3,(H,35,38)(H,36,39)/t26-,27-,28+,32-,33+/m1/s1. The summed E-state index contributed by atoms with van der Waals surface area (Å²) in [5.41, 5.74) is -1.04. The lowest BCUT2D eigenvalue weighted by atomic mass is 9.70. The van der Waals surface area contributed by atoms with Crippen molar-refractivity contribution in [1.82, 2.24) is 10.2 Å². The quantitative estimate of drug-likeness (QED) is 0.427. The lowest BCUT2D eigenvalue weighted by Gasteiger charge is -2.34. The van der Waals surface area contributed by atoms with Crippen molar-refractivity contribution in [1.29, 1.82) is 0 Å². The van der Waals surface area contributed by atoms with E-state index in [2.05, 4.69) is 10.6 Å². The van der Waals surface area contributed by atoms with Crippen LogP contribution in [0, 0.1) is 17.7 Å². The van der Waals surface area contributed by atoms with Crippen molar-refractivity contribution in [3.63, 3.8) is 0 Å². The van der Waals surface area contributed by atoms with Crippen LogP contribution in [-0.4, -0.2) is 66.7 Å². The maximum Gasteiger partial charge on any atom is 0.246 e. The number of hydrogen-bond donors (Lipinski definition) is 2. The van der Waals surface area contributed by atoms with Crippen molar-refractivity contribution in [2.24, 2.45) is 11.8 Å². The van der Waals surface area contributed by atoms with Crippen molar-refractivity contribution < 1.29 is 33.0 Å². The molecule has 3 heterocycles. The van der Waals surface area contributed by atoms with Gasteiger partial charge < -0.3 is 29.7 Å². The molecule has 10 heteroatoms. The third kappa shape index (κ3) is 5.05. The van der Waals surface area contributed by atoms with Gasteiger partial charge in [0.15, 0.2) is 11.5 Å². The van der Waals surface area contributed by atoms with Crippen LogP contribution in [0.3, 0.4) is 0 Å². The van der Waals surface area contributed by atoms with Gasteiger partial charge in [-0.25, -0.2) is 4.39 Å². The van der Waals surface area contributed by atoms with E-state index in [0.717, 1.165) is 37.7 Å². The number of nitrogens with zero attached hydrogens (tertiary/aromatic N) is 1. The van der Waals surface area contributed by atoms with Gasteiger partial charge in [0.1, 0.15) is 17.5 Å². The lowest BCUT2D eigenvalue weighted by Crippen LogP contribution is -2.57. The minimum Gasteiger partial charge on any atom is -0.493 e. The van der Waals surface area contributed by atoms with Gasteiger partial charge in [0.25, 0.3) is 0 Å². The van der Waals surface area contributed by atoms with E-state index in [9.17, 15) is 18.8 Å². The predicted octanol–water partition coefficient (Wildman–Crippen LogP) is 4.01. The maximum absolute atomic E-state index is 14.3. The van der Waals surface area contributed by atoms with Crippen LogP contribution in [0.25, 0.3) is 0 Å². The molecule has 5 atom stereocenters. The third-order valence-corrected chi connectivity index (χ3v) is 9.48. The number of anilines is 1. The second kappa shape index (κ2) is 11.3. The summed E-state index contributed by atoms with van der Waals surface area (Å²) in [6.45, 7) is 2.03. The monoisotopic (exact) mass is 591 g/mol. The zero-order chi connectivity index (χ0) is 30.4. The number of fused-ring (bicyclic) bond motifs is 1. The molecule has 2 aromatic rings. The van der Waals surface area contributed by atoms with E-state index in [1.165, 1.54) is 24.3 Å². The first-order valence-electron chi connectivity index (χ1n) is 15.0. The fraction of sp³-hybridized carbons (Fsp3) is 0.485. The van der Waals surface area contributed by atoms with E-state index in [1.54, 1.807) is 26.0 Å². The number of carbonyl (C=O) groups is 3. The largest absolute Gasteiger partial charge is 0.493 e. The minimum absolute atomic E-state index is 0.0373. The van der Waals surface area contributed by atoms with Gasteiger partial charge >= 0.3 is 0 Å². The second-order valence-corrected chi connectivity index (χ2v) is 12.1. The summed E-state index contributed by atoms with van der Waals surface area (Å²) in [7, 11) is 3.13. The van der Waals surface area contributed by atoms with Gasteiger partial charge in [-0.3, -0.25) is 14.4 Å². The normalized spacial score (nSPS) is 29.4. The molecule has 2 saturated heterocycles. The molecule has 1 aliphatic carbocycles. The van der Waals surface area contributed by atoms with Gasteiger partial charge in [0.2, 0.25) is 17.7 Å². The Morgan fingerprint density at radius 3 is 2.42 bits per heavy atom. The Morgan fingerprint density at radius 1 is 1.00 bits per heavy atom. The summed E-state index contributed by atoms with van der Waals surface area (Å²) in [6, 6.07) is 10.1. The molecule has 2 N–H and O–H groups in total. The van der Waals surface area contributed by atoms with Crippen LogP contribution in [-0.2, 0) is 25.5 Å². The number of amides is 3. The number of ether oxygens (including phenoxy) is 3. The average Bonchev–Trinajstić information content (AvgIpc) is 3.57. The first kappa shape index (κ1) is 29.2. The fourth-order valence-electron chi connectivity index (χ4n) is 7.44. The molecule has 4 aliphatic rings. The van der Waals surface area contributed by atoms with E-state index >= 15 is 0 Å². The van der Waals surface area contributed by atoms with Gasteiger partial charge in [-0.1, -0.05) is 37.5 Å². The highest BCUT2D eigenvalue weighted by Crippen LogP contribution is 2.59. The molecule has 9 nitrogen and oxygen atoms in total. The molecular weight excluding hydrogens is 553 g/mol. The number of methoxy groups -OCH3 is 2. The van der Waals surface area contributed by atoms with Crippen LogP contribution in [0.15, 0.2) is 54.6 Å². The molecule has 2 bridgehead atoms. The highest BCUT2D eigenvalue weighted by molar-refractivity contribution is 6.03. The number of nitrogens with one attached hydrogen (secondary N) is 2. The van der Waals surface area contributed by atoms with E-state index in [0.29, 0.717) is 23.6 Å². The molecule has 0 radical (unpaired) electrons. The Balaban J connectivity index is 1.31. The molecule has 3 amide bonds. The average molecular weight is 592 g/mol. The second-order valence-electron chi connectivity index (χ2n) is 12.1. The first-order valence-corrected chi connectivity index (χ1v) is 15.0. The summed E-state index contributed by atoms with van der Waals surface area (Å²) < 4.78 is 30.9. The van der Waals surface area contributed by atoms with Crippen molar-refractivity contribution >= 4 is 23.4 Å². The number of carbonyl (C=O) groups excluding carboxylic acids is 3. The van der Waals surface area contributed by atoms with E-state index < -0.39 is 40.8 Å². The molecule has 3 fully saturated rings. The summed E-state index contributed by atoms with van der Waals surface area (Å²) in [5.74, 6) is -1.99. The zero-order valence-electron chi connectivity index (χ0n) is 24.7. The van der Waals surface area contributed by atoms with Gasteiger partial charge in [-0.15, -0.1) is 0 Å². The summed E-state index contributed by atoms with van der Waals surface area (Å²) in [4.78, 5) is 43.8. The van der Waals surface area contributed by atoms with Crippen molar-refractivity contribution in [2.75, 3.05) is 26.1 Å². The fourth-order valence-corrected chi connectivity index (χ4v) is 7.44. The Hall–Kier alpha value is -3.92. The molecule has 3 aliphatic heterocycles. The van der Waals surface area contributed by atoms with E-state index in [1.807, 2.05) is 30.4 Å². The summed E-state index contributed by atoms with van der Waals surface area (Å²) >= 11 is 0. The number of benzene rings is 2. The Kier molecular flexibility index (Phi) is 7.66. The number of rotatable bonds is 9.